The molecular weight excluding hydrogens is 356 g/mol. The molecule has 4 rings (SSSR count). The summed E-state index contributed by atoms with van der Waals surface area (Å²) in [5.41, 5.74) is 3.43. The summed E-state index contributed by atoms with van der Waals surface area (Å²) in [5.74, 6) is 2.09. The van der Waals surface area contributed by atoms with Crippen LogP contribution in [0.25, 0.3) is 11.4 Å². The molecule has 0 fully saturated rings. The summed E-state index contributed by atoms with van der Waals surface area (Å²) < 4.78 is 10.7. The number of hydrogen-bond acceptors (Lipinski definition) is 6. The summed E-state index contributed by atoms with van der Waals surface area (Å²) in [6.07, 6.45) is 4.07. The highest BCUT2D eigenvalue weighted by molar-refractivity contribution is 5.53. The summed E-state index contributed by atoms with van der Waals surface area (Å²) in [4.78, 5) is 26.5. The minimum atomic E-state index is -0.0634. The second-order valence-corrected chi connectivity index (χ2v) is 6.76. The number of rotatable bonds is 5. The monoisotopic (exact) mass is 378 g/mol. The Labute approximate surface area is 163 Å². The molecule has 0 atom stereocenters. The molecule has 0 bridgehead atoms. The molecule has 0 saturated heterocycles. The Morgan fingerprint density at radius 1 is 1.18 bits per heavy atom. The van der Waals surface area contributed by atoms with Crippen LogP contribution in [-0.2, 0) is 19.5 Å². The zero-order valence-corrected chi connectivity index (χ0v) is 15.9. The topological polar surface area (TPSA) is 80.3 Å². The van der Waals surface area contributed by atoms with Gasteiger partial charge in [-0.1, -0.05) is 0 Å². The average Bonchev–Trinajstić information content (AvgIpc) is 2.73. The van der Waals surface area contributed by atoms with Gasteiger partial charge in [0.1, 0.15) is 17.3 Å². The lowest BCUT2D eigenvalue weighted by molar-refractivity contribution is 0.240. The molecule has 1 aliphatic rings. The summed E-state index contributed by atoms with van der Waals surface area (Å²) >= 11 is 0. The summed E-state index contributed by atoms with van der Waals surface area (Å²) in [7, 11) is 3.29. The van der Waals surface area contributed by atoms with Gasteiger partial charge in [-0.15, -0.1) is 0 Å². The minimum Gasteiger partial charge on any atom is -0.497 e. The molecule has 7 nitrogen and oxygen atoms in total. The number of H-pyrrole nitrogens is 1. The third kappa shape index (κ3) is 3.75. The molecule has 7 heteroatoms. The lowest BCUT2D eigenvalue weighted by Gasteiger charge is -2.28. The number of methoxy groups -OCH3 is 2. The van der Waals surface area contributed by atoms with E-state index in [0.29, 0.717) is 18.8 Å². The highest BCUT2D eigenvalue weighted by Crippen LogP contribution is 2.25. The third-order valence-electron chi connectivity index (χ3n) is 4.90. The first kappa shape index (κ1) is 18.2. The van der Waals surface area contributed by atoms with E-state index in [1.807, 2.05) is 30.3 Å². The largest absolute Gasteiger partial charge is 0.497 e. The van der Waals surface area contributed by atoms with Crippen molar-refractivity contribution in [1.29, 1.82) is 0 Å². The normalized spacial score (nSPS) is 13.8. The molecule has 144 valence electrons. The van der Waals surface area contributed by atoms with Gasteiger partial charge in [-0.2, -0.15) is 0 Å². The van der Waals surface area contributed by atoms with E-state index in [1.54, 1.807) is 26.6 Å². The maximum atomic E-state index is 12.5. The fraction of sp³-hybridized carbons (Fsp3) is 0.286. The molecule has 0 radical (unpaired) electrons. The van der Waals surface area contributed by atoms with E-state index in [4.69, 9.17) is 14.5 Å². The maximum Gasteiger partial charge on any atom is 0.254 e. The number of pyridine rings is 1. The average molecular weight is 378 g/mol. The van der Waals surface area contributed by atoms with E-state index >= 15 is 0 Å². The Bertz CT molecular complexity index is 1010. The van der Waals surface area contributed by atoms with Gasteiger partial charge in [0, 0.05) is 49.2 Å². The number of nitrogens with one attached hydrogen (secondary N) is 1. The first-order chi connectivity index (χ1) is 13.7. The van der Waals surface area contributed by atoms with Crippen LogP contribution in [0.5, 0.6) is 11.5 Å². The Morgan fingerprint density at radius 3 is 2.64 bits per heavy atom. The molecule has 2 aromatic heterocycles. The predicted octanol–water partition coefficient (Wildman–Crippen LogP) is 2.41. The number of nitrogens with zero attached hydrogens (tertiary/aromatic N) is 3. The van der Waals surface area contributed by atoms with Crippen LogP contribution in [0.2, 0.25) is 0 Å². The molecule has 0 saturated carbocycles. The van der Waals surface area contributed by atoms with E-state index in [0.717, 1.165) is 47.0 Å². The van der Waals surface area contributed by atoms with E-state index in [9.17, 15) is 4.79 Å². The van der Waals surface area contributed by atoms with Crippen molar-refractivity contribution in [2.45, 2.75) is 19.5 Å². The lowest BCUT2D eigenvalue weighted by atomic mass is 10.0. The quantitative estimate of drug-likeness (QED) is 0.734. The standard InChI is InChI=1S/C21H22N4O3/c1-27-16-8-14(9-17(10-16)28-2)12-25-7-5-18-19(13-25)23-20(24-21(18)26)15-4-3-6-22-11-15/h3-4,6,8-11H,5,7,12-13H2,1-2H3,(H,23,24,26). The van der Waals surface area contributed by atoms with Crippen molar-refractivity contribution in [2.75, 3.05) is 20.8 Å². The molecular formula is C21H22N4O3. The van der Waals surface area contributed by atoms with Gasteiger partial charge in [-0.25, -0.2) is 4.98 Å². The molecule has 0 unspecified atom stereocenters. The maximum absolute atomic E-state index is 12.5. The number of hydrogen-bond donors (Lipinski definition) is 1. The van der Waals surface area contributed by atoms with Crippen molar-refractivity contribution < 1.29 is 9.47 Å². The third-order valence-corrected chi connectivity index (χ3v) is 4.90. The van der Waals surface area contributed by atoms with Crippen molar-refractivity contribution in [1.82, 2.24) is 19.9 Å². The van der Waals surface area contributed by atoms with Gasteiger partial charge in [0.25, 0.3) is 5.56 Å². The van der Waals surface area contributed by atoms with E-state index < -0.39 is 0 Å². The van der Waals surface area contributed by atoms with Crippen LogP contribution in [0.1, 0.15) is 16.8 Å². The summed E-state index contributed by atoms with van der Waals surface area (Å²) in [5, 5.41) is 0. The zero-order valence-electron chi connectivity index (χ0n) is 15.9. The number of ether oxygens (including phenoxy) is 2. The fourth-order valence-corrected chi connectivity index (χ4v) is 3.48. The second-order valence-electron chi connectivity index (χ2n) is 6.76. The molecule has 1 N–H and O–H groups in total. The van der Waals surface area contributed by atoms with Gasteiger partial charge >= 0.3 is 0 Å². The SMILES string of the molecule is COc1cc(CN2CCc3c(nc(-c4cccnc4)[nH]c3=O)C2)cc(OC)c1. The van der Waals surface area contributed by atoms with E-state index in [2.05, 4.69) is 14.9 Å². The molecule has 1 aliphatic heterocycles. The molecule has 0 amide bonds. The van der Waals surface area contributed by atoms with E-state index in [-0.39, 0.29) is 5.56 Å². The minimum absolute atomic E-state index is 0.0634. The van der Waals surface area contributed by atoms with Gasteiger partial charge < -0.3 is 14.5 Å². The number of benzene rings is 1. The van der Waals surface area contributed by atoms with Crippen LogP contribution >= 0.6 is 0 Å². The van der Waals surface area contributed by atoms with Gasteiger partial charge in [0.2, 0.25) is 0 Å². The van der Waals surface area contributed by atoms with Crippen LogP contribution in [-0.4, -0.2) is 40.6 Å². The smallest absolute Gasteiger partial charge is 0.254 e. The second kappa shape index (κ2) is 7.82. The molecule has 0 spiro atoms. The molecule has 3 heterocycles. The Balaban J connectivity index is 1.59. The predicted molar refractivity (Wildman–Crippen MR) is 105 cm³/mol. The first-order valence-electron chi connectivity index (χ1n) is 9.13. The van der Waals surface area contributed by atoms with Crippen molar-refractivity contribution in [3.05, 3.63) is 69.9 Å². The number of aromatic amines is 1. The van der Waals surface area contributed by atoms with Crippen LogP contribution < -0.4 is 15.0 Å². The van der Waals surface area contributed by atoms with Crippen LogP contribution in [0.3, 0.4) is 0 Å². The van der Waals surface area contributed by atoms with Crippen molar-refractivity contribution >= 4 is 0 Å². The van der Waals surface area contributed by atoms with Gasteiger partial charge in [0.15, 0.2) is 0 Å². The number of aromatic nitrogens is 3. The van der Waals surface area contributed by atoms with Gasteiger partial charge in [0.05, 0.1) is 19.9 Å². The number of fused-ring (bicyclic) bond motifs is 1. The van der Waals surface area contributed by atoms with Crippen LogP contribution in [0, 0.1) is 0 Å². The molecule has 0 aliphatic carbocycles. The van der Waals surface area contributed by atoms with E-state index in [1.165, 1.54) is 0 Å². The summed E-state index contributed by atoms with van der Waals surface area (Å²) in [6, 6.07) is 9.59. The van der Waals surface area contributed by atoms with Crippen molar-refractivity contribution in [2.24, 2.45) is 0 Å². The molecule has 3 aromatic rings. The zero-order chi connectivity index (χ0) is 19.5. The Kier molecular flexibility index (Phi) is 5.08. The van der Waals surface area contributed by atoms with Crippen LogP contribution in [0.4, 0.5) is 0 Å². The molecule has 1 aromatic carbocycles. The van der Waals surface area contributed by atoms with Gasteiger partial charge in [-0.3, -0.25) is 14.7 Å². The Hall–Kier alpha value is -3.19. The Morgan fingerprint density at radius 2 is 1.96 bits per heavy atom. The highest BCUT2D eigenvalue weighted by atomic mass is 16.5. The van der Waals surface area contributed by atoms with Crippen molar-refractivity contribution in [3.8, 4) is 22.9 Å². The highest BCUT2D eigenvalue weighted by Gasteiger charge is 2.22. The fourth-order valence-electron chi connectivity index (χ4n) is 3.48. The first-order valence-corrected chi connectivity index (χ1v) is 9.13. The molecule has 28 heavy (non-hydrogen) atoms. The summed E-state index contributed by atoms with van der Waals surface area (Å²) in [6.45, 7) is 2.14. The van der Waals surface area contributed by atoms with Crippen molar-refractivity contribution in [3.63, 3.8) is 0 Å². The van der Waals surface area contributed by atoms with Crippen LogP contribution in [0.15, 0.2) is 47.5 Å². The van der Waals surface area contributed by atoms with Gasteiger partial charge in [-0.05, 0) is 36.2 Å². The lowest BCUT2D eigenvalue weighted by Crippen LogP contribution is -2.35.